The molecule has 0 aromatic heterocycles. The lowest BCUT2D eigenvalue weighted by Gasteiger charge is -2.11. The molecule has 0 bridgehead atoms. The van der Waals surface area contributed by atoms with E-state index in [2.05, 4.69) is 10.1 Å². The van der Waals surface area contributed by atoms with Gasteiger partial charge in [0, 0.05) is 18.3 Å². The maximum atomic E-state index is 12.1. The summed E-state index contributed by atoms with van der Waals surface area (Å²) in [5.41, 5.74) is 1.31. The van der Waals surface area contributed by atoms with Crippen LogP contribution in [0.1, 0.15) is 5.56 Å². The molecule has 0 aliphatic heterocycles. The molecule has 0 unspecified atom stereocenters. The molecule has 0 aliphatic carbocycles. The molecule has 0 radical (unpaired) electrons. The minimum Gasteiger partial charge on any atom is -0.508 e. The average Bonchev–Trinajstić information content (AvgIpc) is 2.35. The fraction of sp³-hybridized carbons (Fsp3) is 0.143. The van der Waals surface area contributed by atoms with Gasteiger partial charge in [0.1, 0.15) is 11.5 Å². The molecule has 0 spiro atoms. The van der Waals surface area contributed by atoms with E-state index in [1.54, 1.807) is 18.2 Å². The molecular formula is C14H12F3NO2. The maximum absolute atomic E-state index is 12.1. The third-order valence-electron chi connectivity index (χ3n) is 2.47. The van der Waals surface area contributed by atoms with Gasteiger partial charge in [-0.05, 0) is 29.8 Å². The predicted octanol–water partition coefficient (Wildman–Crippen LogP) is 3.90. The van der Waals surface area contributed by atoms with Crippen molar-refractivity contribution >= 4 is 5.69 Å². The Hall–Kier alpha value is -2.37. The van der Waals surface area contributed by atoms with E-state index in [4.69, 9.17) is 0 Å². The molecule has 2 aromatic rings. The van der Waals surface area contributed by atoms with E-state index in [1.165, 1.54) is 30.3 Å². The number of nitrogens with one attached hydrogen (secondary N) is 1. The molecule has 0 atom stereocenters. The molecule has 0 fully saturated rings. The van der Waals surface area contributed by atoms with Crippen LogP contribution in [-0.4, -0.2) is 11.5 Å². The second-order valence-electron chi connectivity index (χ2n) is 4.10. The van der Waals surface area contributed by atoms with Gasteiger partial charge in [-0.2, -0.15) is 0 Å². The highest BCUT2D eigenvalue weighted by atomic mass is 19.4. The third kappa shape index (κ3) is 4.38. The highest BCUT2D eigenvalue weighted by molar-refractivity contribution is 5.48. The van der Waals surface area contributed by atoms with Gasteiger partial charge < -0.3 is 15.2 Å². The van der Waals surface area contributed by atoms with Crippen LogP contribution in [0.2, 0.25) is 0 Å². The summed E-state index contributed by atoms with van der Waals surface area (Å²) >= 11 is 0. The second kappa shape index (κ2) is 5.73. The first kappa shape index (κ1) is 14.0. The molecule has 0 aliphatic rings. The second-order valence-corrected chi connectivity index (χ2v) is 4.10. The van der Waals surface area contributed by atoms with E-state index in [0.717, 1.165) is 0 Å². The van der Waals surface area contributed by atoms with Crippen LogP contribution in [0.4, 0.5) is 18.9 Å². The Bertz CT molecular complexity index is 585. The van der Waals surface area contributed by atoms with Crippen molar-refractivity contribution in [3.05, 3.63) is 54.1 Å². The largest absolute Gasteiger partial charge is 0.573 e. The minimum atomic E-state index is -4.70. The van der Waals surface area contributed by atoms with Gasteiger partial charge in [-0.3, -0.25) is 0 Å². The third-order valence-corrected chi connectivity index (χ3v) is 2.47. The predicted molar refractivity (Wildman–Crippen MR) is 68.6 cm³/mol. The molecule has 2 N–H and O–H groups in total. The highest BCUT2D eigenvalue weighted by Gasteiger charge is 2.31. The number of phenolic OH excluding ortho intramolecular Hbond substituents is 1. The fourth-order valence-corrected chi connectivity index (χ4v) is 1.67. The van der Waals surface area contributed by atoms with Gasteiger partial charge in [0.2, 0.25) is 0 Å². The monoisotopic (exact) mass is 283 g/mol. The molecule has 2 aromatic carbocycles. The van der Waals surface area contributed by atoms with Gasteiger partial charge in [0.25, 0.3) is 0 Å². The van der Waals surface area contributed by atoms with E-state index in [-0.39, 0.29) is 11.5 Å². The topological polar surface area (TPSA) is 41.5 Å². The standard InChI is InChI=1S/C14H12F3NO2/c15-14(16,17)20-13-6-1-3-10(7-13)9-18-11-4-2-5-12(19)8-11/h1-8,18-19H,9H2. The van der Waals surface area contributed by atoms with Crippen LogP contribution in [0, 0.1) is 0 Å². The Morgan fingerprint density at radius 3 is 2.50 bits per heavy atom. The zero-order valence-corrected chi connectivity index (χ0v) is 10.3. The SMILES string of the molecule is Oc1cccc(NCc2cccc(OC(F)(F)F)c2)c1. The van der Waals surface area contributed by atoms with Gasteiger partial charge in [0.05, 0.1) is 0 Å². The molecule has 0 heterocycles. The van der Waals surface area contributed by atoms with Gasteiger partial charge in [-0.1, -0.05) is 18.2 Å². The lowest BCUT2D eigenvalue weighted by molar-refractivity contribution is -0.274. The van der Waals surface area contributed by atoms with Crippen LogP contribution < -0.4 is 10.1 Å². The molecule has 2 rings (SSSR count). The van der Waals surface area contributed by atoms with Crippen molar-refractivity contribution in [1.29, 1.82) is 0 Å². The van der Waals surface area contributed by atoms with E-state index in [1.807, 2.05) is 0 Å². The molecule has 20 heavy (non-hydrogen) atoms. The van der Waals surface area contributed by atoms with Gasteiger partial charge in [-0.15, -0.1) is 13.2 Å². The smallest absolute Gasteiger partial charge is 0.508 e. The molecule has 6 heteroatoms. The van der Waals surface area contributed by atoms with Gasteiger partial charge in [0.15, 0.2) is 0 Å². The van der Waals surface area contributed by atoms with Crippen LogP contribution >= 0.6 is 0 Å². The fourth-order valence-electron chi connectivity index (χ4n) is 1.67. The van der Waals surface area contributed by atoms with Crippen molar-refractivity contribution < 1.29 is 23.0 Å². The average molecular weight is 283 g/mol. The molecule has 106 valence electrons. The molecular weight excluding hydrogens is 271 g/mol. The quantitative estimate of drug-likeness (QED) is 0.894. The lowest BCUT2D eigenvalue weighted by atomic mass is 10.2. The summed E-state index contributed by atoms with van der Waals surface area (Å²) < 4.78 is 40.2. The summed E-state index contributed by atoms with van der Waals surface area (Å²) in [5, 5.41) is 12.3. The van der Waals surface area contributed by atoms with Crippen LogP contribution in [0.15, 0.2) is 48.5 Å². The maximum Gasteiger partial charge on any atom is 0.573 e. The van der Waals surface area contributed by atoms with E-state index >= 15 is 0 Å². The van der Waals surface area contributed by atoms with E-state index < -0.39 is 6.36 Å². The number of benzene rings is 2. The summed E-state index contributed by atoms with van der Waals surface area (Å²) in [7, 11) is 0. The van der Waals surface area contributed by atoms with Gasteiger partial charge >= 0.3 is 6.36 Å². The first-order valence-electron chi connectivity index (χ1n) is 5.80. The summed E-state index contributed by atoms with van der Waals surface area (Å²) in [6, 6.07) is 12.2. The first-order chi connectivity index (χ1) is 9.42. The number of hydrogen-bond acceptors (Lipinski definition) is 3. The van der Waals surface area contributed by atoms with E-state index in [0.29, 0.717) is 17.8 Å². The summed E-state index contributed by atoms with van der Waals surface area (Å²) in [4.78, 5) is 0. The normalized spacial score (nSPS) is 11.2. The van der Waals surface area contributed by atoms with Crippen LogP contribution in [0.3, 0.4) is 0 Å². The summed E-state index contributed by atoms with van der Waals surface area (Å²) in [6.07, 6.45) is -4.70. The van der Waals surface area contributed by atoms with Gasteiger partial charge in [-0.25, -0.2) is 0 Å². The Balaban J connectivity index is 2.01. The van der Waals surface area contributed by atoms with Crippen molar-refractivity contribution in [2.75, 3.05) is 5.32 Å². The summed E-state index contributed by atoms with van der Waals surface area (Å²) in [5.74, 6) is -0.142. The lowest BCUT2D eigenvalue weighted by Crippen LogP contribution is -2.17. The number of aromatic hydroxyl groups is 1. The molecule has 0 saturated heterocycles. The number of ether oxygens (including phenoxy) is 1. The Morgan fingerprint density at radius 1 is 1.05 bits per heavy atom. The Kier molecular flexibility index (Phi) is 4.02. The molecule has 3 nitrogen and oxygen atoms in total. The molecule has 0 saturated carbocycles. The van der Waals surface area contributed by atoms with Crippen LogP contribution in [0.25, 0.3) is 0 Å². The number of anilines is 1. The van der Waals surface area contributed by atoms with Crippen molar-refractivity contribution in [3.63, 3.8) is 0 Å². The Labute approximate surface area is 113 Å². The van der Waals surface area contributed by atoms with Crippen molar-refractivity contribution in [2.24, 2.45) is 0 Å². The number of hydrogen-bond donors (Lipinski definition) is 2. The van der Waals surface area contributed by atoms with Crippen molar-refractivity contribution in [3.8, 4) is 11.5 Å². The van der Waals surface area contributed by atoms with E-state index in [9.17, 15) is 18.3 Å². The minimum absolute atomic E-state index is 0.115. The number of alkyl halides is 3. The Morgan fingerprint density at radius 2 is 1.80 bits per heavy atom. The van der Waals surface area contributed by atoms with Crippen molar-refractivity contribution in [2.45, 2.75) is 12.9 Å². The number of rotatable bonds is 4. The highest BCUT2D eigenvalue weighted by Crippen LogP contribution is 2.24. The zero-order chi connectivity index (χ0) is 14.6. The first-order valence-corrected chi connectivity index (χ1v) is 5.80. The number of phenols is 1. The summed E-state index contributed by atoms with van der Waals surface area (Å²) in [6.45, 7) is 0.318. The van der Waals surface area contributed by atoms with Crippen LogP contribution in [0.5, 0.6) is 11.5 Å². The number of halogens is 3. The van der Waals surface area contributed by atoms with Crippen LogP contribution in [-0.2, 0) is 6.54 Å². The molecule has 0 amide bonds. The van der Waals surface area contributed by atoms with Crippen molar-refractivity contribution in [1.82, 2.24) is 0 Å². The zero-order valence-electron chi connectivity index (χ0n) is 10.3.